The van der Waals surface area contributed by atoms with Gasteiger partial charge in [0.1, 0.15) is 0 Å². The molecule has 16 heavy (non-hydrogen) atoms. The predicted octanol–water partition coefficient (Wildman–Crippen LogP) is 2.50. The van der Waals surface area contributed by atoms with Gasteiger partial charge in [0.2, 0.25) is 0 Å². The molecule has 88 valence electrons. The summed E-state index contributed by atoms with van der Waals surface area (Å²) in [5, 5.41) is 9.63. The highest BCUT2D eigenvalue weighted by molar-refractivity contribution is 7.54. The lowest BCUT2D eigenvalue weighted by molar-refractivity contribution is 0.201. The van der Waals surface area contributed by atoms with E-state index in [0.717, 1.165) is 5.56 Å². The van der Waals surface area contributed by atoms with Gasteiger partial charge in [-0.2, -0.15) is 0 Å². The maximum Gasteiger partial charge on any atom is 0.362 e. The summed E-state index contributed by atoms with van der Waals surface area (Å²) in [5.74, 6) is -1.26. The highest BCUT2D eigenvalue weighted by Crippen LogP contribution is 2.50. The summed E-state index contributed by atoms with van der Waals surface area (Å²) in [5.41, 5.74) is 0.903. The van der Waals surface area contributed by atoms with E-state index in [-0.39, 0.29) is 0 Å². The smallest absolute Gasteiger partial charge is 0.362 e. The van der Waals surface area contributed by atoms with Gasteiger partial charge in [0.25, 0.3) is 0 Å². The van der Waals surface area contributed by atoms with Crippen molar-refractivity contribution < 1.29 is 18.7 Å². The topological polar surface area (TPSA) is 55.8 Å². The summed E-state index contributed by atoms with van der Waals surface area (Å²) in [6, 6.07) is 9.38. The van der Waals surface area contributed by atoms with Crippen molar-refractivity contribution in [3.05, 3.63) is 42.0 Å². The predicted molar refractivity (Wildman–Crippen MR) is 63.1 cm³/mol. The average Bonchev–Trinajstić information content (AvgIpc) is 2.36. The van der Waals surface area contributed by atoms with Crippen LogP contribution in [0.3, 0.4) is 0 Å². The first-order chi connectivity index (χ1) is 7.62. The summed E-state index contributed by atoms with van der Waals surface area (Å²) in [4.78, 5) is 0. The molecule has 0 bridgehead atoms. The van der Waals surface area contributed by atoms with Crippen molar-refractivity contribution in [1.82, 2.24) is 0 Å². The highest BCUT2D eigenvalue weighted by atomic mass is 31.2. The normalized spacial score (nSPS) is 14.2. The Hall–Kier alpha value is -0.930. The molecule has 1 unspecified atom stereocenters. The SMILES string of the molecule is COP(=O)(OC)C(O)C=Cc1ccccc1. The third kappa shape index (κ3) is 3.29. The monoisotopic (exact) mass is 242 g/mol. The van der Waals surface area contributed by atoms with E-state index in [1.165, 1.54) is 20.3 Å². The van der Waals surface area contributed by atoms with Gasteiger partial charge < -0.3 is 14.2 Å². The molecule has 0 aliphatic heterocycles. The Balaban J connectivity index is 2.75. The third-order valence-electron chi connectivity index (χ3n) is 2.09. The molecule has 5 heteroatoms. The van der Waals surface area contributed by atoms with Crippen LogP contribution in [0.15, 0.2) is 36.4 Å². The van der Waals surface area contributed by atoms with Gasteiger partial charge in [0.05, 0.1) is 0 Å². The lowest BCUT2D eigenvalue weighted by atomic mass is 10.2. The van der Waals surface area contributed by atoms with Gasteiger partial charge in [-0.05, 0) is 11.6 Å². The van der Waals surface area contributed by atoms with Crippen LogP contribution < -0.4 is 0 Å². The van der Waals surface area contributed by atoms with Gasteiger partial charge >= 0.3 is 7.60 Å². The van der Waals surface area contributed by atoms with E-state index < -0.39 is 13.4 Å². The van der Waals surface area contributed by atoms with Crippen LogP contribution >= 0.6 is 7.60 Å². The van der Waals surface area contributed by atoms with Crippen molar-refractivity contribution in [2.45, 2.75) is 5.85 Å². The zero-order valence-electron chi connectivity index (χ0n) is 9.24. The van der Waals surface area contributed by atoms with E-state index in [0.29, 0.717) is 0 Å². The Morgan fingerprint density at radius 3 is 2.31 bits per heavy atom. The van der Waals surface area contributed by atoms with Crippen LogP contribution in [-0.4, -0.2) is 25.2 Å². The van der Waals surface area contributed by atoms with Gasteiger partial charge in [-0.1, -0.05) is 36.4 Å². The number of aliphatic hydroxyl groups excluding tert-OH is 1. The van der Waals surface area contributed by atoms with E-state index in [4.69, 9.17) is 0 Å². The molecule has 0 heterocycles. The zero-order valence-corrected chi connectivity index (χ0v) is 10.1. The van der Waals surface area contributed by atoms with Crippen molar-refractivity contribution in [2.75, 3.05) is 14.2 Å². The molecule has 1 aromatic rings. The van der Waals surface area contributed by atoms with E-state index >= 15 is 0 Å². The number of aliphatic hydroxyl groups is 1. The largest absolute Gasteiger partial charge is 0.377 e. The fourth-order valence-corrected chi connectivity index (χ4v) is 2.04. The number of benzene rings is 1. The summed E-state index contributed by atoms with van der Waals surface area (Å²) >= 11 is 0. The minimum Gasteiger partial charge on any atom is -0.377 e. The molecule has 0 aromatic heterocycles. The molecule has 1 aromatic carbocycles. The second-order valence-electron chi connectivity index (χ2n) is 3.09. The standard InChI is InChI=1S/C11H15O4P/c1-14-16(13,15-2)11(12)9-8-10-6-4-3-5-7-10/h3-9,11-12H,1-2H3. The first kappa shape index (κ1) is 13.1. The number of hydrogen-bond donors (Lipinski definition) is 1. The Morgan fingerprint density at radius 2 is 1.81 bits per heavy atom. The summed E-state index contributed by atoms with van der Waals surface area (Å²) in [6.07, 6.45) is 3.05. The fraction of sp³-hybridized carbons (Fsp3) is 0.273. The van der Waals surface area contributed by atoms with Gasteiger partial charge in [0, 0.05) is 14.2 Å². The molecule has 0 saturated carbocycles. The molecule has 4 nitrogen and oxygen atoms in total. The first-order valence-corrected chi connectivity index (χ1v) is 6.36. The molecule has 0 radical (unpaired) electrons. The summed E-state index contributed by atoms with van der Waals surface area (Å²) in [7, 11) is -0.961. The minimum absolute atomic E-state index is 0.903. The van der Waals surface area contributed by atoms with Crippen molar-refractivity contribution in [2.24, 2.45) is 0 Å². The number of rotatable bonds is 5. The molecule has 0 spiro atoms. The van der Waals surface area contributed by atoms with Crippen LogP contribution in [0.5, 0.6) is 0 Å². The van der Waals surface area contributed by atoms with Crippen LogP contribution in [0.4, 0.5) is 0 Å². The van der Waals surface area contributed by atoms with Crippen LogP contribution in [0.25, 0.3) is 6.08 Å². The molecule has 1 N–H and O–H groups in total. The van der Waals surface area contributed by atoms with E-state index in [1.54, 1.807) is 6.08 Å². The van der Waals surface area contributed by atoms with Crippen LogP contribution in [0.1, 0.15) is 5.56 Å². The molecular formula is C11H15O4P. The lowest BCUT2D eigenvalue weighted by Crippen LogP contribution is -2.06. The van der Waals surface area contributed by atoms with E-state index in [1.807, 2.05) is 30.3 Å². The molecule has 0 aliphatic rings. The first-order valence-electron chi connectivity index (χ1n) is 4.75. The fourth-order valence-electron chi connectivity index (χ4n) is 1.16. The average molecular weight is 242 g/mol. The van der Waals surface area contributed by atoms with E-state index in [9.17, 15) is 9.67 Å². The number of hydrogen-bond acceptors (Lipinski definition) is 4. The zero-order chi connectivity index (χ0) is 12.0. The molecule has 1 rings (SSSR count). The Bertz CT molecular complexity index is 380. The second-order valence-corrected chi connectivity index (χ2v) is 5.43. The Labute approximate surface area is 95.1 Å². The van der Waals surface area contributed by atoms with Crippen LogP contribution in [0.2, 0.25) is 0 Å². The lowest BCUT2D eigenvalue weighted by Gasteiger charge is -2.16. The van der Waals surface area contributed by atoms with Gasteiger partial charge in [-0.3, -0.25) is 4.57 Å². The van der Waals surface area contributed by atoms with Gasteiger partial charge in [-0.25, -0.2) is 0 Å². The van der Waals surface area contributed by atoms with Crippen LogP contribution in [-0.2, 0) is 13.6 Å². The van der Waals surface area contributed by atoms with Gasteiger partial charge in [-0.15, -0.1) is 0 Å². The molecular weight excluding hydrogens is 227 g/mol. The molecule has 0 aliphatic carbocycles. The van der Waals surface area contributed by atoms with Crippen molar-refractivity contribution in [1.29, 1.82) is 0 Å². The maximum atomic E-state index is 11.7. The van der Waals surface area contributed by atoms with Crippen LogP contribution in [0, 0.1) is 0 Å². The molecule has 0 amide bonds. The Kier molecular flexibility index (Phi) is 4.90. The van der Waals surface area contributed by atoms with Gasteiger partial charge in [0.15, 0.2) is 5.85 Å². The minimum atomic E-state index is -3.44. The molecule has 0 fully saturated rings. The summed E-state index contributed by atoms with van der Waals surface area (Å²) < 4.78 is 21.1. The second kappa shape index (κ2) is 5.97. The van der Waals surface area contributed by atoms with Crippen molar-refractivity contribution >= 4 is 13.7 Å². The third-order valence-corrected chi connectivity index (χ3v) is 3.93. The molecule has 0 saturated heterocycles. The van der Waals surface area contributed by atoms with Crippen molar-refractivity contribution in [3.63, 3.8) is 0 Å². The maximum absolute atomic E-state index is 11.7. The highest BCUT2D eigenvalue weighted by Gasteiger charge is 2.29. The van der Waals surface area contributed by atoms with Crippen molar-refractivity contribution in [3.8, 4) is 0 Å². The van der Waals surface area contributed by atoms with E-state index in [2.05, 4.69) is 9.05 Å². The Morgan fingerprint density at radius 1 is 1.25 bits per heavy atom. The quantitative estimate of drug-likeness (QED) is 0.806. The summed E-state index contributed by atoms with van der Waals surface area (Å²) in [6.45, 7) is 0. The molecule has 1 atom stereocenters.